The van der Waals surface area contributed by atoms with Crippen molar-refractivity contribution in [2.75, 3.05) is 0 Å². The minimum Gasteiger partial charge on any atom is -0.452 e. The number of hydrogen-bond acceptors (Lipinski definition) is 1. The summed E-state index contributed by atoms with van der Waals surface area (Å²) in [4.78, 5) is 0. The van der Waals surface area contributed by atoms with Crippen molar-refractivity contribution < 1.29 is 4.42 Å². The number of rotatable bonds is 2. The fourth-order valence-corrected chi connectivity index (χ4v) is 2.18. The van der Waals surface area contributed by atoms with Crippen molar-refractivity contribution in [3.8, 4) is 0 Å². The molecule has 0 bridgehead atoms. The van der Waals surface area contributed by atoms with Gasteiger partial charge in [0, 0.05) is 0 Å². The highest BCUT2D eigenvalue weighted by atomic mass is 79.9. The largest absolute Gasteiger partial charge is 0.452 e. The summed E-state index contributed by atoms with van der Waals surface area (Å²) in [6.07, 6.45) is 0. The smallest absolute Gasteiger partial charge is 0.169 e. The van der Waals surface area contributed by atoms with Crippen molar-refractivity contribution in [1.82, 2.24) is 0 Å². The van der Waals surface area contributed by atoms with Crippen LogP contribution in [-0.2, 0) is 0 Å². The molecule has 84 valence electrons. The van der Waals surface area contributed by atoms with Crippen molar-refractivity contribution in [3.63, 3.8) is 0 Å². The SMILES string of the molecule is Clc1ccc(C(Cl)c2ccc(Br)o2)cc1Cl. The van der Waals surface area contributed by atoms with Crippen LogP contribution in [0.25, 0.3) is 0 Å². The normalized spacial score (nSPS) is 12.8. The molecular formula is C11H6BrCl3O. The maximum atomic E-state index is 6.25. The maximum absolute atomic E-state index is 6.25. The highest BCUT2D eigenvalue weighted by Gasteiger charge is 2.15. The topological polar surface area (TPSA) is 13.1 Å². The fraction of sp³-hybridized carbons (Fsp3) is 0.0909. The summed E-state index contributed by atoms with van der Waals surface area (Å²) in [6, 6.07) is 8.87. The Morgan fingerprint density at radius 1 is 1.06 bits per heavy atom. The molecule has 0 spiro atoms. The van der Waals surface area contributed by atoms with Crippen molar-refractivity contribution in [2.24, 2.45) is 0 Å². The molecule has 1 unspecified atom stereocenters. The van der Waals surface area contributed by atoms with E-state index in [0.29, 0.717) is 20.5 Å². The molecule has 0 radical (unpaired) electrons. The fourth-order valence-electron chi connectivity index (χ4n) is 1.30. The van der Waals surface area contributed by atoms with Gasteiger partial charge >= 0.3 is 0 Å². The van der Waals surface area contributed by atoms with Crippen LogP contribution in [0.15, 0.2) is 39.4 Å². The first-order chi connectivity index (χ1) is 7.58. The Kier molecular flexibility index (Phi) is 3.85. The molecule has 0 saturated carbocycles. The first kappa shape index (κ1) is 12.3. The molecule has 0 N–H and O–H groups in total. The van der Waals surface area contributed by atoms with Crippen LogP contribution in [-0.4, -0.2) is 0 Å². The van der Waals surface area contributed by atoms with Gasteiger partial charge in [-0.1, -0.05) is 29.3 Å². The van der Waals surface area contributed by atoms with Gasteiger partial charge in [0.15, 0.2) is 4.67 Å². The van der Waals surface area contributed by atoms with E-state index < -0.39 is 0 Å². The molecule has 0 aliphatic carbocycles. The Morgan fingerprint density at radius 3 is 2.38 bits per heavy atom. The van der Waals surface area contributed by atoms with E-state index in [0.717, 1.165) is 5.56 Å². The van der Waals surface area contributed by atoms with Gasteiger partial charge < -0.3 is 4.42 Å². The molecule has 1 aromatic heterocycles. The van der Waals surface area contributed by atoms with Crippen LogP contribution in [0.4, 0.5) is 0 Å². The Hall–Kier alpha value is -0.150. The molecule has 1 heterocycles. The second-order valence-corrected chi connectivity index (χ2v) is 5.21. The van der Waals surface area contributed by atoms with Crippen LogP contribution in [0.5, 0.6) is 0 Å². The minimum absolute atomic E-state index is 0.374. The summed E-state index contributed by atoms with van der Waals surface area (Å²) in [5, 5.41) is 0.617. The van der Waals surface area contributed by atoms with Crippen molar-refractivity contribution in [2.45, 2.75) is 5.38 Å². The van der Waals surface area contributed by atoms with E-state index in [2.05, 4.69) is 15.9 Å². The van der Waals surface area contributed by atoms with Gasteiger partial charge in [0.2, 0.25) is 0 Å². The number of halogens is 4. The Morgan fingerprint density at radius 2 is 1.81 bits per heavy atom. The van der Waals surface area contributed by atoms with E-state index in [1.807, 2.05) is 12.1 Å². The molecule has 2 aromatic rings. The predicted molar refractivity (Wildman–Crippen MR) is 70.6 cm³/mol. The van der Waals surface area contributed by atoms with Crippen molar-refractivity contribution in [1.29, 1.82) is 0 Å². The number of alkyl halides is 1. The molecule has 1 nitrogen and oxygen atoms in total. The van der Waals surface area contributed by atoms with E-state index in [9.17, 15) is 0 Å². The van der Waals surface area contributed by atoms with Crippen molar-refractivity contribution >= 4 is 50.7 Å². The molecule has 16 heavy (non-hydrogen) atoms. The highest BCUT2D eigenvalue weighted by molar-refractivity contribution is 9.10. The zero-order valence-corrected chi connectivity index (χ0v) is 11.7. The molecule has 0 fully saturated rings. The van der Waals surface area contributed by atoms with Gasteiger partial charge in [-0.25, -0.2) is 0 Å². The second kappa shape index (κ2) is 5.01. The molecule has 1 aromatic carbocycles. The first-order valence-electron chi connectivity index (χ1n) is 4.42. The van der Waals surface area contributed by atoms with Crippen LogP contribution in [0.3, 0.4) is 0 Å². The zero-order valence-electron chi connectivity index (χ0n) is 7.88. The van der Waals surface area contributed by atoms with E-state index in [1.165, 1.54) is 0 Å². The average Bonchev–Trinajstić information content (AvgIpc) is 2.68. The average molecular weight is 340 g/mol. The van der Waals surface area contributed by atoms with Crippen LogP contribution in [0.2, 0.25) is 10.0 Å². The van der Waals surface area contributed by atoms with Gasteiger partial charge in [0.1, 0.15) is 11.1 Å². The van der Waals surface area contributed by atoms with Crippen LogP contribution in [0.1, 0.15) is 16.7 Å². The van der Waals surface area contributed by atoms with Gasteiger partial charge in [0.05, 0.1) is 10.0 Å². The summed E-state index contributed by atoms with van der Waals surface area (Å²) in [7, 11) is 0. The standard InChI is InChI=1S/C11H6BrCl3O/c12-10-4-3-9(16-10)11(15)6-1-2-7(13)8(14)5-6/h1-5,11H. The summed E-state index contributed by atoms with van der Waals surface area (Å²) in [5.74, 6) is 0.659. The minimum atomic E-state index is -0.374. The number of furan rings is 1. The lowest BCUT2D eigenvalue weighted by atomic mass is 10.1. The van der Waals surface area contributed by atoms with Crippen LogP contribution < -0.4 is 0 Å². The van der Waals surface area contributed by atoms with E-state index >= 15 is 0 Å². The molecule has 2 rings (SSSR count). The predicted octanol–water partition coefficient (Wildman–Crippen LogP) is 5.68. The Labute approximate surface area is 116 Å². The summed E-state index contributed by atoms with van der Waals surface area (Å²) < 4.78 is 6.02. The monoisotopic (exact) mass is 338 g/mol. The van der Waals surface area contributed by atoms with Gasteiger partial charge in [-0.2, -0.15) is 0 Å². The lowest BCUT2D eigenvalue weighted by molar-refractivity contribution is 0.494. The highest BCUT2D eigenvalue weighted by Crippen LogP contribution is 2.34. The molecule has 0 aliphatic rings. The maximum Gasteiger partial charge on any atom is 0.169 e. The third-order valence-electron chi connectivity index (χ3n) is 2.08. The molecule has 5 heteroatoms. The first-order valence-corrected chi connectivity index (χ1v) is 6.40. The second-order valence-electron chi connectivity index (χ2n) is 3.18. The summed E-state index contributed by atoms with van der Waals surface area (Å²) in [5.41, 5.74) is 0.845. The Bertz CT molecular complexity index is 510. The summed E-state index contributed by atoms with van der Waals surface area (Å²) in [6.45, 7) is 0. The molecule has 0 amide bonds. The van der Waals surface area contributed by atoms with E-state index in [1.54, 1.807) is 18.2 Å². The lowest BCUT2D eigenvalue weighted by Crippen LogP contribution is -1.90. The molecule has 0 saturated heterocycles. The quantitative estimate of drug-likeness (QED) is 0.641. The molecular weight excluding hydrogens is 334 g/mol. The number of hydrogen-bond donors (Lipinski definition) is 0. The molecule has 0 aliphatic heterocycles. The van der Waals surface area contributed by atoms with Gasteiger partial charge in [-0.05, 0) is 45.8 Å². The van der Waals surface area contributed by atoms with Crippen LogP contribution >= 0.6 is 50.7 Å². The number of benzene rings is 1. The van der Waals surface area contributed by atoms with E-state index in [-0.39, 0.29) is 5.38 Å². The van der Waals surface area contributed by atoms with Gasteiger partial charge in [0.25, 0.3) is 0 Å². The van der Waals surface area contributed by atoms with Gasteiger partial charge in [-0.3, -0.25) is 0 Å². The third-order valence-corrected chi connectivity index (χ3v) is 3.71. The van der Waals surface area contributed by atoms with Crippen LogP contribution in [0, 0.1) is 0 Å². The summed E-state index contributed by atoms with van der Waals surface area (Å²) >= 11 is 21.2. The van der Waals surface area contributed by atoms with E-state index in [4.69, 9.17) is 39.2 Å². The Balaban J connectivity index is 2.33. The lowest BCUT2D eigenvalue weighted by Gasteiger charge is -2.07. The van der Waals surface area contributed by atoms with Crippen molar-refractivity contribution in [3.05, 3.63) is 56.4 Å². The molecule has 1 atom stereocenters. The zero-order chi connectivity index (χ0) is 11.7. The van der Waals surface area contributed by atoms with Gasteiger partial charge in [-0.15, -0.1) is 11.6 Å². The third kappa shape index (κ3) is 2.57.